The van der Waals surface area contributed by atoms with Crippen molar-refractivity contribution in [2.75, 3.05) is 59.1 Å². The summed E-state index contributed by atoms with van der Waals surface area (Å²) in [6.07, 6.45) is 4.57. The first-order valence-electron chi connectivity index (χ1n) is 6.01. The van der Waals surface area contributed by atoms with E-state index >= 15 is 0 Å². The van der Waals surface area contributed by atoms with Crippen molar-refractivity contribution in [2.24, 2.45) is 0 Å². The molecule has 7 heteroatoms. The maximum atomic E-state index is 9.71. The first kappa shape index (κ1) is 21.2. The summed E-state index contributed by atoms with van der Waals surface area (Å²) in [5.74, 6) is 2.37. The summed E-state index contributed by atoms with van der Waals surface area (Å²) in [5.41, 5.74) is 0. The second kappa shape index (κ2) is 12.9. The van der Waals surface area contributed by atoms with Crippen LogP contribution in [0.3, 0.4) is 0 Å². The molecule has 1 aliphatic heterocycles. The number of aliphatic hydroxyl groups is 2. The third-order valence-electron chi connectivity index (χ3n) is 2.85. The largest absolute Gasteiger partial charge is 0.395 e. The molecule has 1 aliphatic rings. The minimum Gasteiger partial charge on any atom is -0.395 e. The van der Waals surface area contributed by atoms with E-state index in [9.17, 15) is 5.11 Å². The Balaban J connectivity index is 0. The van der Waals surface area contributed by atoms with Gasteiger partial charge < -0.3 is 14.9 Å². The van der Waals surface area contributed by atoms with Crippen LogP contribution in [0, 0.1) is 12.3 Å². The van der Waals surface area contributed by atoms with E-state index < -0.39 is 6.10 Å². The predicted octanol–water partition coefficient (Wildman–Crippen LogP) is -0.549. The van der Waals surface area contributed by atoms with E-state index in [1.807, 2.05) is 0 Å². The van der Waals surface area contributed by atoms with Gasteiger partial charge in [0.1, 0.15) is 6.61 Å². The second-order valence-electron chi connectivity index (χ2n) is 4.24. The third kappa shape index (κ3) is 9.47. The zero-order valence-corrected chi connectivity index (χ0v) is 12.7. The van der Waals surface area contributed by atoms with Crippen LogP contribution in [0.1, 0.15) is 0 Å². The normalized spacial score (nSPS) is 17.9. The van der Waals surface area contributed by atoms with Crippen LogP contribution in [0.4, 0.5) is 0 Å². The fourth-order valence-electron chi connectivity index (χ4n) is 1.94. The molecule has 1 atom stereocenters. The third-order valence-corrected chi connectivity index (χ3v) is 2.85. The summed E-state index contributed by atoms with van der Waals surface area (Å²) in [6, 6.07) is 0. The first-order valence-corrected chi connectivity index (χ1v) is 6.01. The molecule has 1 unspecified atom stereocenters. The highest BCUT2D eigenvalue weighted by molar-refractivity contribution is 5.85. The molecule has 0 saturated carbocycles. The van der Waals surface area contributed by atoms with Crippen LogP contribution in [0.15, 0.2) is 0 Å². The van der Waals surface area contributed by atoms with Gasteiger partial charge in [-0.3, -0.25) is 9.80 Å². The number of terminal acetylenes is 1. The summed E-state index contributed by atoms with van der Waals surface area (Å²) >= 11 is 0. The van der Waals surface area contributed by atoms with Gasteiger partial charge in [0.05, 0.1) is 19.3 Å². The quantitative estimate of drug-likeness (QED) is 0.488. The summed E-state index contributed by atoms with van der Waals surface area (Å²) in [4.78, 5) is 4.43. The Hall–Kier alpha value is -0.0600. The van der Waals surface area contributed by atoms with Crippen LogP contribution in [-0.2, 0) is 4.74 Å². The number of piperazine rings is 1. The van der Waals surface area contributed by atoms with Crippen molar-refractivity contribution in [1.29, 1.82) is 0 Å². The SMILES string of the molecule is C#CCOCC(O)CN1CCN(CCO)CC1.Cl.Cl. The van der Waals surface area contributed by atoms with Gasteiger partial charge in [0.15, 0.2) is 0 Å². The van der Waals surface area contributed by atoms with Crippen molar-refractivity contribution in [3.05, 3.63) is 0 Å². The number of hydrogen-bond acceptors (Lipinski definition) is 5. The van der Waals surface area contributed by atoms with E-state index in [4.69, 9.17) is 16.3 Å². The number of nitrogens with zero attached hydrogens (tertiary/aromatic N) is 2. The fraction of sp³-hybridized carbons (Fsp3) is 0.833. The van der Waals surface area contributed by atoms with Gasteiger partial charge in [0, 0.05) is 39.3 Å². The predicted molar refractivity (Wildman–Crippen MR) is 80.1 cm³/mol. The van der Waals surface area contributed by atoms with Gasteiger partial charge in [-0.1, -0.05) is 5.92 Å². The zero-order valence-electron chi connectivity index (χ0n) is 11.0. The number of aliphatic hydroxyl groups excluding tert-OH is 2. The average molecular weight is 315 g/mol. The zero-order chi connectivity index (χ0) is 12.5. The summed E-state index contributed by atoms with van der Waals surface area (Å²) in [5, 5.41) is 18.5. The standard InChI is InChI=1S/C12H22N2O3.2ClH/c1-2-9-17-11-12(16)10-14-5-3-13(4-6-14)7-8-15;;/h1,12,15-16H,3-11H2;2*1H. The summed E-state index contributed by atoms with van der Waals surface area (Å²) in [7, 11) is 0. The van der Waals surface area contributed by atoms with Gasteiger partial charge in [-0.25, -0.2) is 0 Å². The van der Waals surface area contributed by atoms with Crippen molar-refractivity contribution in [2.45, 2.75) is 6.10 Å². The van der Waals surface area contributed by atoms with Crippen molar-refractivity contribution in [1.82, 2.24) is 9.80 Å². The molecule has 0 aromatic heterocycles. The molecular weight excluding hydrogens is 291 g/mol. The molecule has 19 heavy (non-hydrogen) atoms. The summed E-state index contributed by atoms with van der Waals surface area (Å²) < 4.78 is 5.09. The Bertz CT molecular complexity index is 244. The molecule has 0 bridgehead atoms. The molecule has 0 aromatic rings. The molecule has 1 heterocycles. The lowest BCUT2D eigenvalue weighted by Gasteiger charge is -2.35. The molecule has 114 valence electrons. The van der Waals surface area contributed by atoms with Gasteiger partial charge in [-0.2, -0.15) is 0 Å². The van der Waals surface area contributed by atoms with Crippen LogP contribution in [0.25, 0.3) is 0 Å². The van der Waals surface area contributed by atoms with Crippen LogP contribution in [-0.4, -0.2) is 85.2 Å². The van der Waals surface area contributed by atoms with Crippen molar-refractivity contribution in [3.63, 3.8) is 0 Å². The van der Waals surface area contributed by atoms with Crippen LogP contribution >= 0.6 is 24.8 Å². The topological polar surface area (TPSA) is 56.2 Å². The van der Waals surface area contributed by atoms with Gasteiger partial charge >= 0.3 is 0 Å². The Morgan fingerprint density at radius 1 is 1.16 bits per heavy atom. The number of hydrogen-bond donors (Lipinski definition) is 2. The van der Waals surface area contributed by atoms with Crippen LogP contribution in [0.5, 0.6) is 0 Å². The molecule has 2 N–H and O–H groups in total. The average Bonchev–Trinajstić information content (AvgIpc) is 2.32. The molecule has 5 nitrogen and oxygen atoms in total. The van der Waals surface area contributed by atoms with E-state index in [0.29, 0.717) is 13.2 Å². The Morgan fingerprint density at radius 2 is 1.74 bits per heavy atom. The van der Waals surface area contributed by atoms with E-state index in [1.165, 1.54) is 0 Å². The van der Waals surface area contributed by atoms with Gasteiger partial charge in [0.2, 0.25) is 0 Å². The number of rotatable bonds is 7. The highest BCUT2D eigenvalue weighted by atomic mass is 35.5. The molecule has 1 saturated heterocycles. The molecule has 0 aromatic carbocycles. The van der Waals surface area contributed by atoms with E-state index in [2.05, 4.69) is 15.7 Å². The second-order valence-corrected chi connectivity index (χ2v) is 4.24. The van der Waals surface area contributed by atoms with Gasteiger partial charge in [-0.05, 0) is 0 Å². The fourth-order valence-corrected chi connectivity index (χ4v) is 1.94. The van der Waals surface area contributed by atoms with Gasteiger partial charge in [-0.15, -0.1) is 31.2 Å². The van der Waals surface area contributed by atoms with Crippen molar-refractivity contribution >= 4 is 24.8 Å². The highest BCUT2D eigenvalue weighted by Crippen LogP contribution is 2.02. The Kier molecular flexibility index (Phi) is 14.5. The Labute approximate surface area is 127 Å². The van der Waals surface area contributed by atoms with Crippen molar-refractivity contribution in [3.8, 4) is 12.3 Å². The molecule has 1 rings (SSSR count). The minimum absolute atomic E-state index is 0. The number of halogens is 2. The maximum absolute atomic E-state index is 9.71. The van der Waals surface area contributed by atoms with E-state index in [-0.39, 0.29) is 38.0 Å². The highest BCUT2D eigenvalue weighted by Gasteiger charge is 2.18. The van der Waals surface area contributed by atoms with Crippen molar-refractivity contribution < 1.29 is 14.9 Å². The van der Waals surface area contributed by atoms with E-state index in [1.54, 1.807) is 0 Å². The van der Waals surface area contributed by atoms with Gasteiger partial charge in [0.25, 0.3) is 0 Å². The summed E-state index contributed by atoms with van der Waals surface area (Å²) in [6.45, 7) is 5.85. The molecule has 0 radical (unpaired) electrons. The Morgan fingerprint density at radius 3 is 2.26 bits per heavy atom. The minimum atomic E-state index is -0.479. The number of ether oxygens (including phenoxy) is 1. The van der Waals surface area contributed by atoms with Crippen LogP contribution in [0.2, 0.25) is 0 Å². The number of β-amino-alcohol motifs (C(OH)–C–C–N with tert-alkyl or cyclic N) is 2. The maximum Gasteiger partial charge on any atom is 0.107 e. The lowest BCUT2D eigenvalue weighted by Crippen LogP contribution is -2.49. The lowest BCUT2D eigenvalue weighted by molar-refractivity contribution is 0.0148. The van der Waals surface area contributed by atoms with E-state index in [0.717, 1.165) is 32.7 Å². The first-order chi connectivity index (χ1) is 8.26. The molecule has 1 fully saturated rings. The molecule has 0 spiro atoms. The van der Waals surface area contributed by atoms with Crippen LogP contribution < -0.4 is 0 Å². The lowest BCUT2D eigenvalue weighted by atomic mass is 10.2. The molecule has 0 amide bonds. The molecule has 0 aliphatic carbocycles. The molecular formula is C12H24Cl2N2O3. The smallest absolute Gasteiger partial charge is 0.107 e. The monoisotopic (exact) mass is 314 g/mol.